The maximum absolute atomic E-state index is 12.8. The van der Waals surface area contributed by atoms with Crippen molar-refractivity contribution >= 4 is 17.7 Å². The summed E-state index contributed by atoms with van der Waals surface area (Å²) in [5, 5.41) is 9.08. The summed E-state index contributed by atoms with van der Waals surface area (Å²) in [6, 6.07) is 2.44. The van der Waals surface area contributed by atoms with Crippen LogP contribution in [0, 0.1) is 6.92 Å². The molecule has 1 rings (SSSR count). The first-order chi connectivity index (χ1) is 7.84. The third-order valence-corrected chi connectivity index (χ3v) is 3.50. The number of carboxylic acids is 1. The zero-order chi connectivity index (χ0) is 13.2. The van der Waals surface area contributed by atoms with Gasteiger partial charge in [-0.2, -0.15) is 0 Å². The van der Waals surface area contributed by atoms with Crippen molar-refractivity contribution in [1.29, 1.82) is 0 Å². The molecule has 0 aliphatic carbocycles. The van der Waals surface area contributed by atoms with E-state index in [-0.39, 0.29) is 16.4 Å². The van der Waals surface area contributed by atoms with E-state index in [1.807, 2.05) is 13.8 Å². The Hall–Kier alpha value is -1.10. The van der Waals surface area contributed by atoms with Crippen molar-refractivity contribution in [3.63, 3.8) is 0 Å². The molecule has 0 aliphatic rings. The van der Waals surface area contributed by atoms with Crippen molar-refractivity contribution in [1.82, 2.24) is 0 Å². The Morgan fingerprint density at radius 3 is 2.35 bits per heavy atom. The third-order valence-electron chi connectivity index (χ3n) is 2.26. The summed E-state index contributed by atoms with van der Waals surface area (Å²) in [4.78, 5) is 11.3. The largest absolute Gasteiger partial charge is 0.478 e. The van der Waals surface area contributed by atoms with Gasteiger partial charge < -0.3 is 5.11 Å². The molecule has 17 heavy (non-hydrogen) atoms. The van der Waals surface area contributed by atoms with Crippen molar-refractivity contribution in [2.75, 3.05) is 0 Å². The van der Waals surface area contributed by atoms with Crippen LogP contribution < -0.4 is 0 Å². The Balaban J connectivity index is 3.36. The number of benzene rings is 1. The van der Waals surface area contributed by atoms with Gasteiger partial charge in [0, 0.05) is 15.7 Å². The molecular weight excluding hydrogens is 246 g/mol. The third kappa shape index (κ3) is 3.19. The molecule has 2 nitrogen and oxygen atoms in total. The minimum absolute atomic E-state index is 0.0811. The van der Waals surface area contributed by atoms with Gasteiger partial charge in [0.1, 0.15) is 0 Å². The van der Waals surface area contributed by atoms with E-state index in [1.165, 1.54) is 23.9 Å². The lowest BCUT2D eigenvalue weighted by Gasteiger charge is -2.15. The van der Waals surface area contributed by atoms with E-state index < -0.39 is 12.4 Å². The fourth-order valence-corrected chi connectivity index (χ4v) is 2.56. The molecule has 0 aromatic heterocycles. The molecule has 5 heteroatoms. The lowest BCUT2D eigenvalue weighted by Crippen LogP contribution is -2.04. The van der Waals surface area contributed by atoms with E-state index >= 15 is 0 Å². The van der Waals surface area contributed by atoms with Crippen LogP contribution in [0.2, 0.25) is 0 Å². The molecular formula is C12H14F2O2S. The van der Waals surface area contributed by atoms with Crippen molar-refractivity contribution < 1.29 is 18.7 Å². The van der Waals surface area contributed by atoms with Crippen LogP contribution in [0.1, 0.15) is 41.8 Å². The van der Waals surface area contributed by atoms with Gasteiger partial charge in [-0.3, -0.25) is 0 Å². The smallest absolute Gasteiger partial charge is 0.335 e. The second-order valence-electron chi connectivity index (χ2n) is 3.93. The zero-order valence-corrected chi connectivity index (χ0v) is 10.6. The Labute approximate surface area is 103 Å². The number of carbonyl (C=O) groups is 1. The topological polar surface area (TPSA) is 37.3 Å². The van der Waals surface area contributed by atoms with E-state index in [2.05, 4.69) is 0 Å². The molecule has 0 bridgehead atoms. The number of carboxylic acid groups (broad SMARTS) is 1. The molecule has 0 fully saturated rings. The van der Waals surface area contributed by atoms with Crippen molar-refractivity contribution in [2.24, 2.45) is 0 Å². The van der Waals surface area contributed by atoms with Gasteiger partial charge in [0.25, 0.3) is 6.43 Å². The van der Waals surface area contributed by atoms with Gasteiger partial charge in [0.05, 0.1) is 5.56 Å². The molecule has 0 amide bonds. The van der Waals surface area contributed by atoms with Crippen LogP contribution in [0.15, 0.2) is 17.0 Å². The Morgan fingerprint density at radius 2 is 1.94 bits per heavy atom. The van der Waals surface area contributed by atoms with Gasteiger partial charge in [-0.15, -0.1) is 11.8 Å². The molecule has 94 valence electrons. The maximum Gasteiger partial charge on any atom is 0.335 e. The van der Waals surface area contributed by atoms with Crippen LogP contribution in [0.25, 0.3) is 0 Å². The van der Waals surface area contributed by atoms with Crippen LogP contribution in [0.4, 0.5) is 8.78 Å². The van der Waals surface area contributed by atoms with Crippen LogP contribution in [-0.4, -0.2) is 16.3 Å². The standard InChI is InChI=1S/C12H14F2O2S/c1-6(2)17-10-7(3)8(12(15)16)4-5-9(10)11(13)14/h4-6,11H,1-3H3,(H,15,16). The summed E-state index contributed by atoms with van der Waals surface area (Å²) >= 11 is 1.27. The highest BCUT2D eigenvalue weighted by Gasteiger charge is 2.20. The first-order valence-corrected chi connectivity index (χ1v) is 6.04. The molecule has 1 aromatic rings. The summed E-state index contributed by atoms with van der Waals surface area (Å²) in [6.07, 6.45) is -2.59. The molecule has 0 saturated heterocycles. The lowest BCUT2D eigenvalue weighted by molar-refractivity contribution is 0.0695. The molecule has 1 aromatic carbocycles. The van der Waals surface area contributed by atoms with Crippen LogP contribution in [-0.2, 0) is 0 Å². The van der Waals surface area contributed by atoms with Crippen molar-refractivity contribution in [3.05, 3.63) is 28.8 Å². The van der Waals surface area contributed by atoms with Crippen LogP contribution in [0.5, 0.6) is 0 Å². The fraction of sp³-hybridized carbons (Fsp3) is 0.417. The average Bonchev–Trinajstić information content (AvgIpc) is 2.19. The first kappa shape index (κ1) is 14.0. The molecule has 0 spiro atoms. The van der Waals surface area contributed by atoms with Gasteiger partial charge in [-0.05, 0) is 18.6 Å². The molecule has 0 unspecified atom stereocenters. The normalized spacial score (nSPS) is 11.2. The molecule has 1 N–H and O–H groups in total. The van der Waals surface area contributed by atoms with Gasteiger partial charge >= 0.3 is 5.97 Å². The van der Waals surface area contributed by atoms with E-state index in [4.69, 9.17) is 5.11 Å². The number of halogens is 2. The minimum atomic E-state index is -2.59. The Morgan fingerprint density at radius 1 is 1.35 bits per heavy atom. The summed E-state index contributed by atoms with van der Waals surface area (Å²) in [5.41, 5.74) is 0.401. The average molecular weight is 260 g/mol. The highest BCUT2D eigenvalue weighted by atomic mass is 32.2. The molecule has 0 atom stereocenters. The predicted molar refractivity (Wildman–Crippen MR) is 64.1 cm³/mol. The Kier molecular flexibility index (Phi) is 4.51. The van der Waals surface area contributed by atoms with Gasteiger partial charge in [0.15, 0.2) is 0 Å². The van der Waals surface area contributed by atoms with E-state index in [1.54, 1.807) is 6.92 Å². The summed E-state index contributed by atoms with van der Waals surface area (Å²) < 4.78 is 25.7. The lowest BCUT2D eigenvalue weighted by atomic mass is 10.1. The molecule has 0 heterocycles. The number of hydrogen-bond acceptors (Lipinski definition) is 2. The highest BCUT2D eigenvalue weighted by Crippen LogP contribution is 2.36. The fourth-order valence-electron chi connectivity index (χ4n) is 1.51. The summed E-state index contributed by atoms with van der Waals surface area (Å²) in [6.45, 7) is 5.33. The SMILES string of the molecule is Cc1c(C(=O)O)ccc(C(F)F)c1SC(C)C. The number of rotatable bonds is 4. The van der Waals surface area contributed by atoms with Crippen molar-refractivity contribution in [2.45, 2.75) is 37.3 Å². The molecule has 0 saturated carbocycles. The highest BCUT2D eigenvalue weighted by molar-refractivity contribution is 8.00. The van der Waals surface area contributed by atoms with Gasteiger partial charge in [-0.1, -0.05) is 19.9 Å². The summed E-state index contributed by atoms with van der Waals surface area (Å²) in [7, 11) is 0. The van der Waals surface area contributed by atoms with Crippen LogP contribution in [0.3, 0.4) is 0 Å². The summed E-state index contributed by atoms with van der Waals surface area (Å²) in [5.74, 6) is -1.09. The quantitative estimate of drug-likeness (QED) is 0.827. The molecule has 0 aliphatic heterocycles. The number of alkyl halides is 2. The van der Waals surface area contributed by atoms with E-state index in [9.17, 15) is 13.6 Å². The van der Waals surface area contributed by atoms with E-state index in [0.29, 0.717) is 10.5 Å². The number of thioether (sulfide) groups is 1. The minimum Gasteiger partial charge on any atom is -0.478 e. The van der Waals surface area contributed by atoms with Gasteiger partial charge in [0.2, 0.25) is 0 Å². The first-order valence-electron chi connectivity index (χ1n) is 5.16. The second kappa shape index (κ2) is 5.49. The van der Waals surface area contributed by atoms with Crippen molar-refractivity contribution in [3.8, 4) is 0 Å². The maximum atomic E-state index is 12.8. The zero-order valence-electron chi connectivity index (χ0n) is 9.83. The number of hydrogen-bond donors (Lipinski definition) is 1. The monoisotopic (exact) mass is 260 g/mol. The molecule has 0 radical (unpaired) electrons. The number of aromatic carboxylic acids is 1. The van der Waals surface area contributed by atoms with E-state index in [0.717, 1.165) is 0 Å². The van der Waals surface area contributed by atoms with Gasteiger partial charge in [-0.25, -0.2) is 13.6 Å². The predicted octanol–water partition coefficient (Wildman–Crippen LogP) is 4.13. The second-order valence-corrected chi connectivity index (χ2v) is 5.52. The Bertz CT molecular complexity index is 431. The van der Waals surface area contributed by atoms with Crippen LogP contribution >= 0.6 is 11.8 Å².